The number of methoxy groups -OCH3 is 2. The van der Waals surface area contributed by atoms with Gasteiger partial charge in [0, 0.05) is 0 Å². The average Bonchev–Trinajstić information content (AvgIpc) is 3.14. The summed E-state index contributed by atoms with van der Waals surface area (Å²) in [5, 5.41) is 15.5. The molecule has 90 valence electrons. The Morgan fingerprint density at radius 3 is 2.12 bits per heavy atom. The van der Waals surface area contributed by atoms with E-state index in [2.05, 4.69) is 0 Å². The van der Waals surface area contributed by atoms with Gasteiger partial charge < -0.3 is 14.2 Å². The molecule has 1 saturated heterocycles. The van der Waals surface area contributed by atoms with Crippen LogP contribution in [-0.4, -0.2) is 31.6 Å². The van der Waals surface area contributed by atoms with E-state index in [1.54, 1.807) is 0 Å². The molecule has 1 aromatic rings. The van der Waals surface area contributed by atoms with Crippen molar-refractivity contribution in [3.8, 4) is 0 Å². The van der Waals surface area contributed by atoms with Gasteiger partial charge in [-0.15, -0.1) is 0 Å². The zero-order valence-electron chi connectivity index (χ0n) is 9.69. The minimum Gasteiger partial charge on any atom is -0.482 e. The molecule has 0 spiro atoms. The van der Waals surface area contributed by atoms with E-state index in [9.17, 15) is 0 Å². The Labute approximate surface area is 99.3 Å². The van der Waals surface area contributed by atoms with Crippen LogP contribution < -0.4 is 0 Å². The Hall–Kier alpha value is -1.88. The molecule has 5 nitrogen and oxygen atoms in total. The molecule has 0 saturated carbocycles. The van der Waals surface area contributed by atoms with Gasteiger partial charge in [0.05, 0.1) is 14.2 Å². The zero-order chi connectivity index (χ0) is 12.5. The van der Waals surface area contributed by atoms with E-state index >= 15 is 0 Å². The third kappa shape index (κ3) is 1.68. The fraction of sp³-hybridized carbons (Fsp3) is 0.333. The molecule has 0 aliphatic carbocycles. The van der Waals surface area contributed by atoms with Gasteiger partial charge in [0.1, 0.15) is 6.10 Å². The molecule has 2 N–H and O–H groups in total. The van der Waals surface area contributed by atoms with Crippen LogP contribution in [0.1, 0.15) is 11.7 Å². The van der Waals surface area contributed by atoms with Gasteiger partial charge in [-0.1, -0.05) is 30.3 Å². The summed E-state index contributed by atoms with van der Waals surface area (Å²) >= 11 is 0. The molecule has 1 fully saturated rings. The first kappa shape index (κ1) is 11.6. The monoisotopic (exact) mass is 234 g/mol. The Morgan fingerprint density at radius 1 is 1.12 bits per heavy atom. The summed E-state index contributed by atoms with van der Waals surface area (Å²) < 4.78 is 15.3. The second-order valence-electron chi connectivity index (χ2n) is 3.71. The first-order valence-corrected chi connectivity index (χ1v) is 5.15. The van der Waals surface area contributed by atoms with Gasteiger partial charge >= 0.3 is 0 Å². The number of hydrogen-bond donors (Lipinski definition) is 2. The van der Waals surface area contributed by atoms with Crippen LogP contribution >= 0.6 is 0 Å². The molecular formula is C12H14N2O3. The van der Waals surface area contributed by atoms with Gasteiger partial charge in [0.2, 0.25) is 17.4 Å². The van der Waals surface area contributed by atoms with Gasteiger partial charge in [-0.25, -0.2) is 0 Å². The molecule has 0 aromatic heterocycles. The van der Waals surface area contributed by atoms with Crippen molar-refractivity contribution in [2.75, 3.05) is 14.2 Å². The maximum absolute atomic E-state index is 7.75. The van der Waals surface area contributed by atoms with Crippen molar-refractivity contribution < 1.29 is 14.2 Å². The molecule has 1 aliphatic heterocycles. The van der Waals surface area contributed by atoms with Gasteiger partial charge in [0.25, 0.3) is 0 Å². The van der Waals surface area contributed by atoms with Crippen LogP contribution in [0.15, 0.2) is 30.3 Å². The topological polar surface area (TPSA) is 78.7 Å². The number of benzene rings is 1. The maximum atomic E-state index is 7.75. The quantitative estimate of drug-likeness (QED) is 0.475. The van der Waals surface area contributed by atoms with Gasteiger partial charge in [-0.05, 0) is 5.56 Å². The van der Waals surface area contributed by atoms with Crippen LogP contribution in [0.5, 0.6) is 0 Å². The summed E-state index contributed by atoms with van der Waals surface area (Å²) in [6, 6.07) is 9.44. The summed E-state index contributed by atoms with van der Waals surface area (Å²) in [6.07, 6.45) is -0.386. The molecule has 0 amide bonds. The zero-order valence-corrected chi connectivity index (χ0v) is 9.69. The highest BCUT2D eigenvalue weighted by molar-refractivity contribution is 6.09. The van der Waals surface area contributed by atoms with E-state index < -0.39 is 5.60 Å². The molecule has 1 aromatic carbocycles. The van der Waals surface area contributed by atoms with Gasteiger partial charge in [-0.2, -0.15) is 0 Å². The SMILES string of the molecule is COC(=N)C1(C(=N)OC)O[C@@H]1c1ccccc1. The maximum Gasteiger partial charge on any atom is 0.249 e. The van der Waals surface area contributed by atoms with E-state index in [-0.39, 0.29) is 17.9 Å². The predicted octanol–water partition coefficient (Wildman–Crippen LogP) is 1.74. The lowest BCUT2D eigenvalue weighted by Gasteiger charge is -2.13. The predicted molar refractivity (Wildman–Crippen MR) is 62.5 cm³/mol. The van der Waals surface area contributed by atoms with Crippen molar-refractivity contribution >= 4 is 11.8 Å². The molecule has 1 atom stereocenters. The fourth-order valence-electron chi connectivity index (χ4n) is 1.83. The van der Waals surface area contributed by atoms with Gasteiger partial charge in [0.15, 0.2) is 0 Å². The fourth-order valence-corrected chi connectivity index (χ4v) is 1.83. The lowest BCUT2D eigenvalue weighted by Crippen LogP contribution is -2.36. The second-order valence-corrected chi connectivity index (χ2v) is 3.71. The van der Waals surface area contributed by atoms with Crippen molar-refractivity contribution in [3.63, 3.8) is 0 Å². The van der Waals surface area contributed by atoms with Crippen LogP contribution in [0.3, 0.4) is 0 Å². The van der Waals surface area contributed by atoms with Crippen molar-refractivity contribution in [1.82, 2.24) is 0 Å². The molecule has 5 heteroatoms. The number of rotatable bonds is 3. The molecule has 1 heterocycles. The van der Waals surface area contributed by atoms with Crippen LogP contribution in [0.25, 0.3) is 0 Å². The summed E-state index contributed by atoms with van der Waals surface area (Å²) in [4.78, 5) is 0. The van der Waals surface area contributed by atoms with Crippen molar-refractivity contribution in [2.24, 2.45) is 0 Å². The van der Waals surface area contributed by atoms with Crippen LogP contribution in [0, 0.1) is 10.8 Å². The molecule has 0 unspecified atom stereocenters. The summed E-state index contributed by atoms with van der Waals surface area (Å²) in [7, 11) is 2.77. The van der Waals surface area contributed by atoms with Crippen molar-refractivity contribution in [1.29, 1.82) is 10.8 Å². The van der Waals surface area contributed by atoms with Crippen LogP contribution in [-0.2, 0) is 14.2 Å². The number of nitrogens with one attached hydrogen (secondary N) is 2. The first-order valence-electron chi connectivity index (χ1n) is 5.15. The first-order chi connectivity index (χ1) is 8.16. The lowest BCUT2D eigenvalue weighted by molar-refractivity contribution is 0.288. The normalized spacial score (nSPS) is 26.1. The van der Waals surface area contributed by atoms with Crippen molar-refractivity contribution in [3.05, 3.63) is 35.9 Å². The summed E-state index contributed by atoms with van der Waals surface area (Å²) in [5.41, 5.74) is -0.290. The molecular weight excluding hydrogens is 220 g/mol. The Bertz CT molecular complexity index is 428. The minimum atomic E-state index is -1.19. The average molecular weight is 234 g/mol. The van der Waals surface area contributed by atoms with Crippen LogP contribution in [0.2, 0.25) is 0 Å². The number of ether oxygens (including phenoxy) is 3. The van der Waals surface area contributed by atoms with Crippen LogP contribution in [0.4, 0.5) is 0 Å². The lowest BCUT2D eigenvalue weighted by atomic mass is 9.99. The second kappa shape index (κ2) is 4.18. The number of hydrogen-bond acceptors (Lipinski definition) is 5. The van der Waals surface area contributed by atoms with E-state index in [1.165, 1.54) is 14.2 Å². The Kier molecular flexibility index (Phi) is 2.85. The third-order valence-corrected chi connectivity index (χ3v) is 2.80. The van der Waals surface area contributed by atoms with E-state index in [0.717, 1.165) is 5.56 Å². The Morgan fingerprint density at radius 2 is 1.65 bits per heavy atom. The summed E-state index contributed by atoms with van der Waals surface area (Å²) in [5.74, 6) is -0.226. The third-order valence-electron chi connectivity index (χ3n) is 2.80. The van der Waals surface area contributed by atoms with E-state index in [4.69, 9.17) is 25.0 Å². The molecule has 17 heavy (non-hydrogen) atoms. The molecule has 1 aliphatic rings. The largest absolute Gasteiger partial charge is 0.482 e. The smallest absolute Gasteiger partial charge is 0.249 e. The number of epoxide rings is 1. The standard InChI is InChI=1S/C12H14N2O3/c1-15-10(13)12(11(14)16-2)9(17-12)8-6-4-3-5-7-8/h3-7,9,13-14H,1-2H3/t9-,12?/m1/s1. The Balaban J connectivity index is 2.30. The van der Waals surface area contributed by atoms with E-state index in [0.29, 0.717) is 0 Å². The van der Waals surface area contributed by atoms with Crippen molar-refractivity contribution in [2.45, 2.75) is 11.7 Å². The minimum absolute atomic E-state index is 0.113. The summed E-state index contributed by atoms with van der Waals surface area (Å²) in [6.45, 7) is 0. The molecule has 2 rings (SSSR count). The highest BCUT2D eigenvalue weighted by Gasteiger charge is 2.67. The molecule has 0 bridgehead atoms. The van der Waals surface area contributed by atoms with Gasteiger partial charge in [-0.3, -0.25) is 10.8 Å². The highest BCUT2D eigenvalue weighted by atomic mass is 16.7. The molecule has 0 radical (unpaired) electrons. The van der Waals surface area contributed by atoms with E-state index in [1.807, 2.05) is 30.3 Å². The highest BCUT2D eigenvalue weighted by Crippen LogP contribution is 2.51.